The van der Waals surface area contributed by atoms with Crippen LogP contribution in [-0.2, 0) is 35.3 Å². The Morgan fingerprint density at radius 1 is 1.21 bits per heavy atom. The summed E-state index contributed by atoms with van der Waals surface area (Å²) < 4.78 is 28.4. The SMILES string of the molecule is CNS(=O)(=O)c1ccc2c(c1)CCN2C(=O)/C=C/c1cn(C)c(=O)n(C)c1=O. The van der Waals surface area contributed by atoms with E-state index < -0.39 is 21.3 Å². The van der Waals surface area contributed by atoms with Gasteiger partial charge in [0.25, 0.3) is 11.5 Å². The number of rotatable bonds is 4. The molecule has 0 unspecified atom stereocenters. The second-order valence-electron chi connectivity index (χ2n) is 6.41. The van der Waals surface area contributed by atoms with Gasteiger partial charge in [0.15, 0.2) is 0 Å². The number of amides is 1. The number of benzene rings is 1. The summed E-state index contributed by atoms with van der Waals surface area (Å²) in [5, 5.41) is 0. The van der Waals surface area contributed by atoms with E-state index in [-0.39, 0.29) is 16.4 Å². The van der Waals surface area contributed by atoms with Crippen molar-refractivity contribution < 1.29 is 13.2 Å². The maximum atomic E-state index is 12.6. The van der Waals surface area contributed by atoms with Gasteiger partial charge >= 0.3 is 5.69 Å². The lowest BCUT2D eigenvalue weighted by Gasteiger charge is -2.15. The van der Waals surface area contributed by atoms with Crippen LogP contribution < -0.4 is 20.9 Å². The Morgan fingerprint density at radius 2 is 1.93 bits per heavy atom. The van der Waals surface area contributed by atoms with Crippen molar-refractivity contribution in [2.45, 2.75) is 11.3 Å². The molecule has 1 amide bonds. The van der Waals surface area contributed by atoms with Crippen LogP contribution in [-0.4, -0.2) is 37.1 Å². The van der Waals surface area contributed by atoms with Gasteiger partial charge in [0.1, 0.15) is 0 Å². The summed E-state index contributed by atoms with van der Waals surface area (Å²) in [6.07, 6.45) is 4.56. The third-order valence-corrected chi connectivity index (χ3v) is 6.08. The van der Waals surface area contributed by atoms with E-state index in [9.17, 15) is 22.8 Å². The molecule has 1 aromatic heterocycles. The standard InChI is InChI=1S/C18H20N4O5S/c1-19-28(26,27)14-5-6-15-12(10-14)8-9-22(15)16(23)7-4-13-11-20(2)18(25)21(3)17(13)24/h4-7,10-11,19H,8-9H2,1-3H3/b7-4+. The van der Waals surface area contributed by atoms with Gasteiger partial charge in [-0.05, 0) is 43.3 Å². The molecule has 0 bridgehead atoms. The van der Waals surface area contributed by atoms with Gasteiger partial charge in [0, 0.05) is 38.6 Å². The van der Waals surface area contributed by atoms with Crippen LogP contribution in [0.5, 0.6) is 0 Å². The molecule has 2 heterocycles. The Labute approximate surface area is 161 Å². The summed E-state index contributed by atoms with van der Waals surface area (Å²) in [6.45, 7) is 0.410. The molecule has 1 aliphatic heterocycles. The number of sulfonamides is 1. The Balaban J connectivity index is 1.88. The van der Waals surface area contributed by atoms with Crippen LogP contribution in [0.2, 0.25) is 0 Å². The fourth-order valence-electron chi connectivity index (χ4n) is 3.09. The Hall–Kier alpha value is -2.98. The topological polar surface area (TPSA) is 110 Å². The molecular formula is C18H20N4O5S. The summed E-state index contributed by atoms with van der Waals surface area (Å²) in [4.78, 5) is 38.1. The number of hydrogen-bond donors (Lipinski definition) is 1. The van der Waals surface area contributed by atoms with Crippen molar-refractivity contribution in [2.24, 2.45) is 14.1 Å². The maximum Gasteiger partial charge on any atom is 0.330 e. The summed E-state index contributed by atoms with van der Waals surface area (Å²) in [5.74, 6) is -0.334. The van der Waals surface area contributed by atoms with Crippen LogP contribution in [0.4, 0.5) is 5.69 Å². The molecule has 0 saturated heterocycles. The van der Waals surface area contributed by atoms with Crippen molar-refractivity contribution >= 4 is 27.7 Å². The Kier molecular flexibility index (Phi) is 5.09. The fraction of sp³-hybridized carbons (Fsp3) is 0.278. The zero-order chi connectivity index (χ0) is 20.6. The molecule has 10 heteroatoms. The molecule has 0 fully saturated rings. The van der Waals surface area contributed by atoms with E-state index in [2.05, 4.69) is 4.72 Å². The Bertz CT molecular complexity index is 1210. The quantitative estimate of drug-likeness (QED) is 0.697. The van der Waals surface area contributed by atoms with Crippen LogP contribution >= 0.6 is 0 Å². The molecule has 1 aliphatic rings. The highest BCUT2D eigenvalue weighted by Gasteiger charge is 2.25. The number of carbonyl (C=O) groups is 1. The lowest BCUT2D eigenvalue weighted by Crippen LogP contribution is -2.37. The van der Waals surface area contributed by atoms with E-state index in [1.807, 2.05) is 0 Å². The number of nitrogens with one attached hydrogen (secondary N) is 1. The summed E-state index contributed by atoms with van der Waals surface area (Å²) in [5.41, 5.74) is 0.673. The van der Waals surface area contributed by atoms with Gasteiger partial charge in [-0.15, -0.1) is 0 Å². The lowest BCUT2D eigenvalue weighted by atomic mass is 10.2. The number of anilines is 1. The minimum atomic E-state index is -3.55. The molecule has 3 rings (SSSR count). The van der Waals surface area contributed by atoms with Crippen LogP contribution in [0.15, 0.2) is 45.0 Å². The van der Waals surface area contributed by atoms with Crippen LogP contribution in [0, 0.1) is 0 Å². The average molecular weight is 404 g/mol. The van der Waals surface area contributed by atoms with Crippen LogP contribution in [0.3, 0.4) is 0 Å². The minimum absolute atomic E-state index is 0.146. The molecule has 1 N–H and O–H groups in total. The molecule has 0 saturated carbocycles. The second kappa shape index (κ2) is 7.21. The highest BCUT2D eigenvalue weighted by Crippen LogP contribution is 2.30. The predicted octanol–water partition coefficient (Wildman–Crippen LogP) is -0.405. The third kappa shape index (κ3) is 3.43. The van der Waals surface area contributed by atoms with Crippen molar-refractivity contribution in [2.75, 3.05) is 18.5 Å². The van der Waals surface area contributed by atoms with Gasteiger partial charge < -0.3 is 9.47 Å². The van der Waals surface area contributed by atoms with Gasteiger partial charge in [-0.2, -0.15) is 0 Å². The first-order chi connectivity index (χ1) is 13.2. The van der Waals surface area contributed by atoms with Crippen molar-refractivity contribution in [1.82, 2.24) is 13.9 Å². The van der Waals surface area contributed by atoms with E-state index in [0.29, 0.717) is 18.7 Å². The van der Waals surface area contributed by atoms with Crippen molar-refractivity contribution in [1.29, 1.82) is 0 Å². The van der Waals surface area contributed by atoms with E-state index in [1.54, 1.807) is 12.1 Å². The van der Waals surface area contributed by atoms with Gasteiger partial charge in [0.05, 0.1) is 10.5 Å². The van der Waals surface area contributed by atoms with Crippen molar-refractivity contribution in [3.8, 4) is 0 Å². The maximum absolute atomic E-state index is 12.6. The first-order valence-electron chi connectivity index (χ1n) is 8.48. The number of aryl methyl sites for hydroxylation is 1. The monoisotopic (exact) mass is 404 g/mol. The molecular weight excluding hydrogens is 384 g/mol. The van der Waals surface area contributed by atoms with E-state index in [4.69, 9.17) is 0 Å². The van der Waals surface area contributed by atoms with Gasteiger partial charge in [-0.3, -0.25) is 14.2 Å². The average Bonchev–Trinajstić information content (AvgIpc) is 3.11. The first-order valence-corrected chi connectivity index (χ1v) is 9.96. The highest BCUT2D eigenvalue weighted by molar-refractivity contribution is 7.89. The minimum Gasteiger partial charge on any atom is -0.308 e. The number of hydrogen-bond acceptors (Lipinski definition) is 5. The predicted molar refractivity (Wildman–Crippen MR) is 105 cm³/mol. The van der Waals surface area contributed by atoms with Gasteiger partial charge in [0.2, 0.25) is 10.0 Å². The first kappa shape index (κ1) is 19.8. The Morgan fingerprint density at radius 3 is 2.61 bits per heavy atom. The summed E-state index contributed by atoms with van der Waals surface area (Å²) in [7, 11) is 0.682. The lowest BCUT2D eigenvalue weighted by molar-refractivity contribution is -0.114. The number of fused-ring (bicyclic) bond motifs is 1. The van der Waals surface area contributed by atoms with Gasteiger partial charge in [-0.1, -0.05) is 0 Å². The van der Waals surface area contributed by atoms with Crippen molar-refractivity contribution in [3.05, 3.63) is 62.4 Å². The van der Waals surface area contributed by atoms with E-state index in [1.165, 1.54) is 55.0 Å². The zero-order valence-electron chi connectivity index (χ0n) is 15.7. The molecule has 0 radical (unpaired) electrons. The smallest absolute Gasteiger partial charge is 0.308 e. The van der Waals surface area contributed by atoms with Crippen LogP contribution in [0.1, 0.15) is 11.1 Å². The molecule has 28 heavy (non-hydrogen) atoms. The summed E-state index contributed by atoms with van der Waals surface area (Å²) in [6, 6.07) is 4.60. The molecule has 9 nitrogen and oxygen atoms in total. The van der Waals surface area contributed by atoms with Crippen molar-refractivity contribution in [3.63, 3.8) is 0 Å². The van der Waals surface area contributed by atoms with E-state index >= 15 is 0 Å². The summed E-state index contributed by atoms with van der Waals surface area (Å²) >= 11 is 0. The van der Waals surface area contributed by atoms with Crippen LogP contribution in [0.25, 0.3) is 6.08 Å². The normalized spacial score (nSPS) is 13.9. The molecule has 0 spiro atoms. The largest absolute Gasteiger partial charge is 0.330 e. The molecule has 0 atom stereocenters. The van der Waals surface area contributed by atoms with Gasteiger partial charge in [-0.25, -0.2) is 17.9 Å². The molecule has 1 aromatic carbocycles. The molecule has 2 aromatic rings. The fourth-order valence-corrected chi connectivity index (χ4v) is 3.87. The second-order valence-corrected chi connectivity index (χ2v) is 8.30. The third-order valence-electron chi connectivity index (χ3n) is 4.67. The highest BCUT2D eigenvalue weighted by atomic mass is 32.2. The molecule has 0 aliphatic carbocycles. The molecule has 148 valence electrons. The number of carbonyl (C=O) groups excluding carboxylic acids is 1. The van der Waals surface area contributed by atoms with E-state index in [0.717, 1.165) is 10.1 Å². The zero-order valence-corrected chi connectivity index (χ0v) is 16.5. The number of nitrogens with zero attached hydrogens (tertiary/aromatic N) is 3. The number of aromatic nitrogens is 2.